The van der Waals surface area contributed by atoms with Crippen LogP contribution in [0.3, 0.4) is 0 Å². The number of piperidine rings is 1. The second-order valence-electron chi connectivity index (χ2n) is 11.8. The van der Waals surface area contributed by atoms with Crippen LogP contribution in [0, 0.1) is 11.6 Å². The van der Waals surface area contributed by atoms with Crippen LogP contribution in [0.25, 0.3) is 0 Å². The van der Waals surface area contributed by atoms with Crippen molar-refractivity contribution >= 4 is 17.6 Å². The summed E-state index contributed by atoms with van der Waals surface area (Å²) in [5.41, 5.74) is 0.348. The molecule has 0 bridgehead atoms. The number of pyridine rings is 1. The van der Waals surface area contributed by atoms with Gasteiger partial charge in [-0.25, -0.2) is 13.8 Å². The van der Waals surface area contributed by atoms with Gasteiger partial charge in [-0.05, 0) is 57.7 Å². The van der Waals surface area contributed by atoms with Crippen LogP contribution in [0.15, 0.2) is 42.6 Å². The van der Waals surface area contributed by atoms with Crippen LogP contribution < -0.4 is 5.32 Å². The molecule has 42 heavy (non-hydrogen) atoms. The summed E-state index contributed by atoms with van der Waals surface area (Å²) in [4.78, 5) is 32.1. The number of methoxy groups -OCH3 is 1. The normalized spacial score (nSPS) is 19.6. The van der Waals surface area contributed by atoms with Gasteiger partial charge in [0.25, 0.3) is 0 Å². The third kappa shape index (κ3) is 6.06. The Morgan fingerprint density at radius 3 is 2.45 bits per heavy atom. The van der Waals surface area contributed by atoms with E-state index < -0.39 is 17.2 Å². The van der Waals surface area contributed by atoms with Crippen LogP contribution in [0.4, 0.5) is 14.6 Å². The number of hydrogen-bond acceptors (Lipinski definition) is 6. The third-order valence-corrected chi connectivity index (χ3v) is 8.83. The lowest BCUT2D eigenvalue weighted by Gasteiger charge is -2.44. The lowest BCUT2D eigenvalue weighted by atomic mass is 9.69. The van der Waals surface area contributed by atoms with Gasteiger partial charge in [-0.3, -0.25) is 9.59 Å². The van der Waals surface area contributed by atoms with Crippen molar-refractivity contribution in [1.82, 2.24) is 24.6 Å². The molecule has 0 aliphatic carbocycles. The SMILES string of the molecule is COC(C)(C)c1nnc2n1CCCCC2CC(=O)N1CCC2(CC1)CC(=O)Nc1ncccc12.Fc1ccccc1F. The number of amides is 2. The molecule has 2 aromatic heterocycles. The fourth-order valence-electron chi connectivity index (χ4n) is 6.28. The summed E-state index contributed by atoms with van der Waals surface area (Å²) in [6.07, 6.45) is 7.21. The summed E-state index contributed by atoms with van der Waals surface area (Å²) < 4.78 is 31.7. The number of benzene rings is 1. The molecule has 9 nitrogen and oxygen atoms in total. The minimum absolute atomic E-state index is 0.0126. The highest BCUT2D eigenvalue weighted by atomic mass is 19.2. The van der Waals surface area contributed by atoms with Gasteiger partial charge < -0.3 is 19.5 Å². The quantitative estimate of drug-likeness (QED) is 0.462. The van der Waals surface area contributed by atoms with E-state index in [-0.39, 0.29) is 23.1 Å². The number of halogens is 2. The van der Waals surface area contributed by atoms with E-state index in [0.29, 0.717) is 31.7 Å². The molecule has 1 fully saturated rings. The standard InChI is InChI=1S/C25H34N6O3.C6H4F2/c1-24(2,34-3)23-29-28-22-17(7-4-5-12-31(22)23)15-20(33)30-13-9-25(10-14-30)16-19(32)27-21-18(25)8-6-11-26-21;7-5-3-1-2-4-6(5)8/h6,8,11,17H,4-5,7,9-10,12-16H2,1-3H3,(H,26,27,32);1-4H. The Balaban J connectivity index is 0.000000382. The Hall–Kier alpha value is -3.73. The molecule has 0 saturated carbocycles. The first kappa shape index (κ1) is 29.8. The van der Waals surface area contributed by atoms with Gasteiger partial charge in [0.2, 0.25) is 11.8 Å². The van der Waals surface area contributed by atoms with E-state index in [1.807, 2.05) is 24.8 Å². The van der Waals surface area contributed by atoms with E-state index in [4.69, 9.17) is 4.74 Å². The average Bonchev–Trinajstić information content (AvgIpc) is 3.32. The Morgan fingerprint density at radius 1 is 1.07 bits per heavy atom. The molecule has 11 heteroatoms. The van der Waals surface area contributed by atoms with Crippen molar-refractivity contribution in [3.05, 3.63) is 71.4 Å². The van der Waals surface area contributed by atoms with E-state index in [1.165, 1.54) is 12.1 Å². The van der Waals surface area contributed by atoms with Crippen molar-refractivity contribution in [2.24, 2.45) is 0 Å². The van der Waals surface area contributed by atoms with Crippen LogP contribution in [-0.2, 0) is 31.9 Å². The van der Waals surface area contributed by atoms with Gasteiger partial charge in [-0.1, -0.05) is 24.6 Å². The zero-order valence-electron chi connectivity index (χ0n) is 24.4. The van der Waals surface area contributed by atoms with E-state index in [1.54, 1.807) is 13.3 Å². The zero-order chi connectivity index (χ0) is 29.9. The number of rotatable bonds is 4. The topological polar surface area (TPSA) is 102 Å². The van der Waals surface area contributed by atoms with Crippen LogP contribution in [0.1, 0.15) is 81.9 Å². The molecule has 2 amide bonds. The van der Waals surface area contributed by atoms with E-state index in [0.717, 1.165) is 68.0 Å². The van der Waals surface area contributed by atoms with Gasteiger partial charge >= 0.3 is 0 Å². The van der Waals surface area contributed by atoms with Crippen molar-refractivity contribution in [1.29, 1.82) is 0 Å². The van der Waals surface area contributed by atoms with Crippen molar-refractivity contribution in [2.45, 2.75) is 82.3 Å². The third-order valence-electron chi connectivity index (χ3n) is 8.83. The van der Waals surface area contributed by atoms with Gasteiger partial charge in [-0.15, -0.1) is 10.2 Å². The first-order valence-corrected chi connectivity index (χ1v) is 14.6. The summed E-state index contributed by atoms with van der Waals surface area (Å²) in [5, 5.41) is 11.9. The molecule has 1 saturated heterocycles. The molecule has 1 aromatic carbocycles. The number of carbonyl (C=O) groups is 2. The number of aromatic nitrogens is 4. The lowest BCUT2D eigenvalue weighted by molar-refractivity contribution is -0.133. The van der Waals surface area contributed by atoms with E-state index >= 15 is 0 Å². The Bertz CT molecular complexity index is 1410. The summed E-state index contributed by atoms with van der Waals surface area (Å²) in [7, 11) is 1.69. The average molecular weight is 581 g/mol. The van der Waals surface area contributed by atoms with E-state index in [9.17, 15) is 18.4 Å². The largest absolute Gasteiger partial charge is 0.371 e. The summed E-state index contributed by atoms with van der Waals surface area (Å²) >= 11 is 0. The Kier molecular flexibility index (Phi) is 8.68. The number of ether oxygens (including phenoxy) is 1. The van der Waals surface area contributed by atoms with Gasteiger partial charge in [0.1, 0.15) is 17.2 Å². The van der Waals surface area contributed by atoms with Crippen LogP contribution >= 0.6 is 0 Å². The maximum absolute atomic E-state index is 13.4. The summed E-state index contributed by atoms with van der Waals surface area (Å²) in [6.45, 7) is 6.16. The summed E-state index contributed by atoms with van der Waals surface area (Å²) in [6, 6.07) is 9.04. The van der Waals surface area contributed by atoms with Crippen molar-refractivity contribution in [3.8, 4) is 0 Å². The maximum Gasteiger partial charge on any atom is 0.226 e. The minimum Gasteiger partial charge on any atom is -0.371 e. The Labute approximate surface area is 244 Å². The molecular weight excluding hydrogens is 542 g/mol. The molecule has 1 N–H and O–H groups in total. The predicted octanol–water partition coefficient (Wildman–Crippen LogP) is 5.08. The fourth-order valence-corrected chi connectivity index (χ4v) is 6.28. The van der Waals surface area contributed by atoms with Crippen LogP contribution in [0.2, 0.25) is 0 Å². The number of nitrogens with one attached hydrogen (secondary N) is 1. The molecular formula is C31H38F2N6O3. The molecule has 1 spiro atoms. The number of carbonyl (C=O) groups excluding carboxylic acids is 2. The monoisotopic (exact) mass is 580 g/mol. The molecule has 5 heterocycles. The molecule has 1 atom stereocenters. The minimum atomic E-state index is -0.799. The second kappa shape index (κ2) is 12.2. The molecule has 1 unspecified atom stereocenters. The number of hydrogen-bond donors (Lipinski definition) is 1. The van der Waals surface area contributed by atoms with Crippen molar-refractivity contribution in [2.75, 3.05) is 25.5 Å². The first-order valence-electron chi connectivity index (χ1n) is 14.6. The highest BCUT2D eigenvalue weighted by Gasteiger charge is 2.44. The highest BCUT2D eigenvalue weighted by Crippen LogP contribution is 2.44. The molecule has 0 radical (unpaired) electrons. The molecule has 3 aromatic rings. The fraction of sp³-hybridized carbons (Fsp3) is 0.516. The lowest BCUT2D eigenvalue weighted by Crippen LogP contribution is -2.48. The number of fused-ring (bicyclic) bond motifs is 3. The van der Waals surface area contributed by atoms with Gasteiger partial charge in [0.05, 0.1) is 0 Å². The smallest absolute Gasteiger partial charge is 0.226 e. The van der Waals surface area contributed by atoms with Gasteiger partial charge in [-0.2, -0.15) is 0 Å². The number of likely N-dealkylation sites (tertiary alicyclic amines) is 1. The predicted molar refractivity (Wildman–Crippen MR) is 153 cm³/mol. The number of anilines is 1. The molecule has 6 rings (SSSR count). The Morgan fingerprint density at radius 2 is 1.79 bits per heavy atom. The van der Waals surface area contributed by atoms with Crippen LogP contribution in [-0.4, -0.2) is 56.7 Å². The number of nitrogens with zero attached hydrogens (tertiary/aromatic N) is 5. The highest BCUT2D eigenvalue weighted by molar-refractivity contribution is 5.94. The maximum atomic E-state index is 13.4. The molecule has 224 valence electrons. The second-order valence-corrected chi connectivity index (χ2v) is 11.8. The van der Waals surface area contributed by atoms with Crippen molar-refractivity contribution < 1.29 is 23.1 Å². The molecule has 3 aliphatic rings. The van der Waals surface area contributed by atoms with Crippen LogP contribution in [0.5, 0.6) is 0 Å². The van der Waals surface area contributed by atoms with Crippen molar-refractivity contribution in [3.63, 3.8) is 0 Å². The van der Waals surface area contributed by atoms with E-state index in [2.05, 4.69) is 31.1 Å². The first-order chi connectivity index (χ1) is 20.1. The van der Waals surface area contributed by atoms with Gasteiger partial charge in [0, 0.05) is 62.7 Å². The van der Waals surface area contributed by atoms with Gasteiger partial charge in [0.15, 0.2) is 17.5 Å². The zero-order valence-corrected chi connectivity index (χ0v) is 24.4. The summed E-state index contributed by atoms with van der Waals surface area (Å²) in [5.74, 6) is 1.04. The molecule has 3 aliphatic heterocycles.